The van der Waals surface area contributed by atoms with Gasteiger partial charge in [-0.25, -0.2) is 9.97 Å². The maximum absolute atomic E-state index is 12.5. The lowest BCUT2D eigenvalue weighted by molar-refractivity contribution is -0.119. The van der Waals surface area contributed by atoms with Gasteiger partial charge in [0.25, 0.3) is 5.91 Å². The molecular formula is C20H24N6O2. The molecule has 3 heterocycles. The minimum Gasteiger partial charge on any atom is -0.372 e. The number of amides is 2. The van der Waals surface area contributed by atoms with E-state index in [1.165, 1.54) is 24.7 Å². The predicted molar refractivity (Wildman–Crippen MR) is 107 cm³/mol. The molecule has 2 saturated heterocycles. The van der Waals surface area contributed by atoms with Gasteiger partial charge in [-0.1, -0.05) is 0 Å². The molecule has 0 radical (unpaired) electrons. The summed E-state index contributed by atoms with van der Waals surface area (Å²) in [5.41, 5.74) is 2.49. The summed E-state index contributed by atoms with van der Waals surface area (Å²) in [5, 5.41) is 3.22. The highest BCUT2D eigenvalue weighted by Crippen LogP contribution is 2.23. The second kappa shape index (κ2) is 8.24. The van der Waals surface area contributed by atoms with Gasteiger partial charge >= 0.3 is 0 Å². The highest BCUT2D eigenvalue weighted by Gasteiger charge is 2.22. The summed E-state index contributed by atoms with van der Waals surface area (Å²) in [7, 11) is 0. The third-order valence-electron chi connectivity index (χ3n) is 5.23. The average molecular weight is 380 g/mol. The van der Waals surface area contributed by atoms with Crippen LogP contribution in [0.4, 0.5) is 17.2 Å². The summed E-state index contributed by atoms with van der Waals surface area (Å²) >= 11 is 0. The average Bonchev–Trinajstić information content (AvgIpc) is 3.29. The Labute approximate surface area is 164 Å². The monoisotopic (exact) mass is 380 g/mol. The molecular weight excluding hydrogens is 356 g/mol. The molecule has 2 amide bonds. The Morgan fingerprint density at radius 2 is 1.64 bits per heavy atom. The quantitative estimate of drug-likeness (QED) is 0.796. The number of nitrogens with one attached hydrogen (secondary N) is 1. The first-order valence-electron chi connectivity index (χ1n) is 9.65. The minimum atomic E-state index is -0.153. The second-order valence-electron chi connectivity index (χ2n) is 7.09. The fraction of sp³-hybridized carbons (Fsp3) is 0.400. The Morgan fingerprint density at radius 1 is 0.929 bits per heavy atom. The van der Waals surface area contributed by atoms with Crippen molar-refractivity contribution < 1.29 is 9.59 Å². The van der Waals surface area contributed by atoms with Crippen molar-refractivity contribution >= 4 is 29.5 Å². The first-order chi connectivity index (χ1) is 13.7. The summed E-state index contributed by atoms with van der Waals surface area (Å²) in [6.45, 7) is 4.38. The number of anilines is 3. The Bertz CT molecular complexity index is 810. The molecule has 2 fully saturated rings. The Hall–Kier alpha value is -3.16. The smallest absolute Gasteiger partial charge is 0.274 e. The van der Waals surface area contributed by atoms with Gasteiger partial charge in [0.2, 0.25) is 6.41 Å². The number of rotatable bonds is 5. The first-order valence-corrected chi connectivity index (χ1v) is 9.65. The third kappa shape index (κ3) is 4.05. The molecule has 0 spiro atoms. The Balaban J connectivity index is 1.35. The molecule has 0 unspecified atom stereocenters. The number of piperazine rings is 1. The van der Waals surface area contributed by atoms with E-state index in [9.17, 15) is 9.59 Å². The van der Waals surface area contributed by atoms with Crippen LogP contribution in [-0.4, -0.2) is 71.4 Å². The van der Waals surface area contributed by atoms with Gasteiger partial charge in [0.05, 0.1) is 12.4 Å². The van der Waals surface area contributed by atoms with E-state index in [2.05, 4.69) is 32.3 Å². The van der Waals surface area contributed by atoms with E-state index in [0.29, 0.717) is 37.7 Å². The van der Waals surface area contributed by atoms with Crippen LogP contribution in [0.3, 0.4) is 0 Å². The van der Waals surface area contributed by atoms with E-state index in [4.69, 9.17) is 0 Å². The van der Waals surface area contributed by atoms with Crippen molar-refractivity contribution in [2.75, 3.05) is 49.5 Å². The zero-order valence-electron chi connectivity index (χ0n) is 15.8. The van der Waals surface area contributed by atoms with Gasteiger partial charge in [-0.15, -0.1) is 0 Å². The molecule has 2 aliphatic rings. The van der Waals surface area contributed by atoms with Crippen molar-refractivity contribution in [3.63, 3.8) is 0 Å². The zero-order chi connectivity index (χ0) is 19.3. The molecule has 146 valence electrons. The number of carbonyl (C=O) groups excluding carboxylic acids is 2. The Kier molecular flexibility index (Phi) is 5.36. The van der Waals surface area contributed by atoms with Gasteiger partial charge in [-0.05, 0) is 37.1 Å². The lowest BCUT2D eigenvalue weighted by Gasteiger charge is -2.32. The number of aromatic nitrogens is 2. The summed E-state index contributed by atoms with van der Waals surface area (Å²) in [4.78, 5) is 37.6. The molecule has 28 heavy (non-hydrogen) atoms. The van der Waals surface area contributed by atoms with Crippen LogP contribution in [0.1, 0.15) is 23.3 Å². The second-order valence-corrected chi connectivity index (χ2v) is 7.09. The van der Waals surface area contributed by atoms with Crippen LogP contribution in [0.15, 0.2) is 36.7 Å². The normalized spacial score (nSPS) is 16.9. The van der Waals surface area contributed by atoms with Crippen molar-refractivity contribution in [2.24, 2.45) is 0 Å². The molecule has 1 aromatic heterocycles. The van der Waals surface area contributed by atoms with E-state index in [1.807, 2.05) is 12.1 Å². The van der Waals surface area contributed by atoms with Gasteiger partial charge < -0.3 is 20.0 Å². The van der Waals surface area contributed by atoms with Crippen LogP contribution < -0.4 is 10.2 Å². The number of nitrogens with zero attached hydrogens (tertiary/aromatic N) is 5. The van der Waals surface area contributed by atoms with Crippen molar-refractivity contribution in [1.29, 1.82) is 0 Å². The summed E-state index contributed by atoms with van der Waals surface area (Å²) in [5.74, 6) is 0.441. The largest absolute Gasteiger partial charge is 0.372 e. The maximum Gasteiger partial charge on any atom is 0.274 e. The molecule has 8 heteroatoms. The predicted octanol–water partition coefficient (Wildman–Crippen LogP) is 1.73. The van der Waals surface area contributed by atoms with Crippen LogP contribution in [0, 0.1) is 0 Å². The molecule has 0 bridgehead atoms. The van der Waals surface area contributed by atoms with E-state index < -0.39 is 0 Å². The van der Waals surface area contributed by atoms with Crippen molar-refractivity contribution in [3.05, 3.63) is 42.4 Å². The van der Waals surface area contributed by atoms with E-state index >= 15 is 0 Å². The molecule has 0 aliphatic carbocycles. The van der Waals surface area contributed by atoms with Gasteiger partial charge in [0, 0.05) is 50.6 Å². The van der Waals surface area contributed by atoms with Crippen LogP contribution in [0.2, 0.25) is 0 Å². The molecule has 4 rings (SSSR count). The van der Waals surface area contributed by atoms with Crippen molar-refractivity contribution in [2.45, 2.75) is 12.8 Å². The topological polar surface area (TPSA) is 81.7 Å². The SMILES string of the molecule is O=CN1CCN(C(=O)c2cnc(Nc3ccc(N4CCCC4)cc3)cn2)CC1. The lowest BCUT2D eigenvalue weighted by atomic mass is 10.2. The minimum absolute atomic E-state index is 0.153. The van der Waals surface area contributed by atoms with Crippen LogP contribution >= 0.6 is 0 Å². The van der Waals surface area contributed by atoms with Crippen molar-refractivity contribution in [1.82, 2.24) is 19.8 Å². The molecule has 2 aromatic rings. The molecule has 0 saturated carbocycles. The zero-order valence-corrected chi connectivity index (χ0v) is 15.8. The standard InChI is InChI=1S/C20H24N6O2/c27-15-24-9-11-26(12-10-24)20(28)18-13-22-19(14-21-18)23-16-3-5-17(6-4-16)25-7-1-2-8-25/h3-6,13-15H,1-2,7-12H2,(H,22,23). The van der Waals surface area contributed by atoms with Crippen molar-refractivity contribution in [3.8, 4) is 0 Å². The van der Waals surface area contributed by atoms with Crippen LogP contribution in [0.25, 0.3) is 0 Å². The van der Waals surface area contributed by atoms with Crippen LogP contribution in [-0.2, 0) is 4.79 Å². The fourth-order valence-electron chi connectivity index (χ4n) is 3.57. The highest BCUT2D eigenvalue weighted by atomic mass is 16.2. The first kappa shape index (κ1) is 18.2. The molecule has 8 nitrogen and oxygen atoms in total. The van der Waals surface area contributed by atoms with Gasteiger partial charge in [-0.3, -0.25) is 9.59 Å². The number of benzene rings is 1. The van der Waals surface area contributed by atoms with Crippen LogP contribution in [0.5, 0.6) is 0 Å². The summed E-state index contributed by atoms with van der Waals surface area (Å²) in [6, 6.07) is 8.28. The van der Waals surface area contributed by atoms with Gasteiger partial charge in [-0.2, -0.15) is 0 Å². The van der Waals surface area contributed by atoms with Gasteiger partial charge in [0.1, 0.15) is 11.5 Å². The van der Waals surface area contributed by atoms with E-state index in [1.54, 1.807) is 16.0 Å². The molecule has 2 aliphatic heterocycles. The lowest BCUT2D eigenvalue weighted by Crippen LogP contribution is -2.48. The van der Waals surface area contributed by atoms with E-state index in [-0.39, 0.29) is 5.91 Å². The summed E-state index contributed by atoms with van der Waals surface area (Å²) < 4.78 is 0. The third-order valence-corrected chi connectivity index (χ3v) is 5.23. The number of carbonyl (C=O) groups is 2. The molecule has 0 atom stereocenters. The fourth-order valence-corrected chi connectivity index (χ4v) is 3.57. The molecule has 1 aromatic carbocycles. The highest BCUT2D eigenvalue weighted by molar-refractivity contribution is 5.92. The van der Waals surface area contributed by atoms with Gasteiger partial charge in [0.15, 0.2) is 0 Å². The van der Waals surface area contributed by atoms with E-state index in [0.717, 1.165) is 25.2 Å². The number of hydrogen-bond acceptors (Lipinski definition) is 6. The Morgan fingerprint density at radius 3 is 2.25 bits per heavy atom. The maximum atomic E-state index is 12.5. The number of hydrogen-bond donors (Lipinski definition) is 1. The summed E-state index contributed by atoms with van der Waals surface area (Å²) in [6.07, 6.45) is 6.40. The molecule has 1 N–H and O–H groups in total.